The number of rotatable bonds is 8. The third-order valence-electron chi connectivity index (χ3n) is 7.02. The molecule has 42 heavy (non-hydrogen) atoms. The fourth-order valence-electron chi connectivity index (χ4n) is 4.65. The molecule has 6 N–H and O–H groups in total. The summed E-state index contributed by atoms with van der Waals surface area (Å²) in [6.45, 7) is 3.71. The fraction of sp³-hybridized carbons (Fsp3) is 0.429. The Balaban J connectivity index is 1.53. The Morgan fingerprint density at radius 3 is 2.57 bits per heavy atom. The number of aromatic nitrogens is 3. The summed E-state index contributed by atoms with van der Waals surface area (Å²) in [5.41, 5.74) is 6.65. The predicted octanol–water partition coefficient (Wildman–Crippen LogP) is 2.35. The average Bonchev–Trinajstić information content (AvgIpc) is 3.38. The molecule has 222 valence electrons. The first-order valence-corrected chi connectivity index (χ1v) is 14.0. The first kappa shape index (κ1) is 30.6. The van der Waals surface area contributed by atoms with E-state index in [1.54, 1.807) is 16.6 Å². The van der Waals surface area contributed by atoms with E-state index in [0.717, 1.165) is 31.2 Å². The summed E-state index contributed by atoms with van der Waals surface area (Å²) in [5, 5.41) is 33.1. The van der Waals surface area contributed by atoms with Crippen LogP contribution in [-0.4, -0.2) is 67.0 Å². The third-order valence-corrected chi connectivity index (χ3v) is 7.24. The Bertz CT molecular complexity index is 1510. The van der Waals surface area contributed by atoms with E-state index in [1.165, 1.54) is 33.2 Å². The number of fused-ring (bicyclic) bond motifs is 1. The summed E-state index contributed by atoms with van der Waals surface area (Å²) in [7, 11) is 0. The lowest BCUT2D eigenvalue weighted by atomic mass is 9.91. The number of aliphatic hydroxyl groups is 1. The topological polar surface area (TPSA) is 168 Å². The molecule has 1 saturated carbocycles. The standard InChI is InChI=1S/C28H34FN9O3S/c1-16(39)36-37-27(42)35-19-6-4-18(5-7-19)34-22-11-23(24-9-8-20-10-17(12-30)13-33-38(20)24)31-14-21(22)26(40)32-15-25(29)28(2,3)41/h8-11,13-14,18-19,25,41H,4-7,15H2,1-3H3,(H,31,34)(H,32,40)(H,36,39)(H2,35,37,42)/t18?,19?,25-/m1/s1. The van der Waals surface area contributed by atoms with E-state index in [0.29, 0.717) is 27.8 Å². The Labute approximate surface area is 248 Å². The molecule has 3 heterocycles. The number of hydrogen-bond acceptors (Lipinski definition) is 8. The van der Waals surface area contributed by atoms with Gasteiger partial charge >= 0.3 is 0 Å². The van der Waals surface area contributed by atoms with Crippen LogP contribution < -0.4 is 26.8 Å². The van der Waals surface area contributed by atoms with Crippen LogP contribution in [0.25, 0.3) is 16.9 Å². The molecule has 1 aliphatic rings. The molecule has 0 spiro atoms. The van der Waals surface area contributed by atoms with Crippen molar-refractivity contribution >= 4 is 40.3 Å². The van der Waals surface area contributed by atoms with Gasteiger partial charge in [-0.25, -0.2) is 8.91 Å². The van der Waals surface area contributed by atoms with Gasteiger partial charge in [0.25, 0.3) is 5.91 Å². The van der Waals surface area contributed by atoms with Crippen molar-refractivity contribution in [2.75, 3.05) is 11.9 Å². The maximum Gasteiger partial charge on any atom is 0.255 e. The zero-order valence-electron chi connectivity index (χ0n) is 23.6. The summed E-state index contributed by atoms with van der Waals surface area (Å²) in [4.78, 5) is 28.8. The molecule has 3 aromatic heterocycles. The number of nitrogens with zero attached hydrogens (tertiary/aromatic N) is 4. The second-order valence-electron chi connectivity index (χ2n) is 10.8. The van der Waals surface area contributed by atoms with Gasteiger partial charge in [-0.2, -0.15) is 10.4 Å². The molecular weight excluding hydrogens is 561 g/mol. The van der Waals surface area contributed by atoms with Crippen LogP contribution >= 0.6 is 12.2 Å². The fourth-order valence-corrected chi connectivity index (χ4v) is 4.86. The van der Waals surface area contributed by atoms with Gasteiger partial charge in [0.15, 0.2) is 5.11 Å². The van der Waals surface area contributed by atoms with Crippen LogP contribution in [0.3, 0.4) is 0 Å². The molecule has 0 saturated heterocycles. The summed E-state index contributed by atoms with van der Waals surface area (Å²) < 4.78 is 16.0. The highest BCUT2D eigenvalue weighted by atomic mass is 32.1. The number of hydrazine groups is 1. The summed E-state index contributed by atoms with van der Waals surface area (Å²) in [5.74, 6) is -0.772. The first-order chi connectivity index (χ1) is 19.9. The molecule has 0 radical (unpaired) electrons. The Hall–Kier alpha value is -4.35. The van der Waals surface area contributed by atoms with E-state index in [9.17, 15) is 24.3 Å². The summed E-state index contributed by atoms with van der Waals surface area (Å²) >= 11 is 5.23. The molecule has 0 aliphatic heterocycles. The number of hydrogen-bond donors (Lipinski definition) is 6. The lowest BCUT2D eigenvalue weighted by Crippen LogP contribution is -2.50. The van der Waals surface area contributed by atoms with Crippen molar-refractivity contribution in [2.24, 2.45) is 0 Å². The Kier molecular flexibility index (Phi) is 9.54. The smallest absolute Gasteiger partial charge is 0.255 e. The highest BCUT2D eigenvalue weighted by Crippen LogP contribution is 2.29. The second kappa shape index (κ2) is 13.1. The Morgan fingerprint density at radius 1 is 1.19 bits per heavy atom. The minimum Gasteiger partial charge on any atom is -0.387 e. The number of pyridine rings is 1. The number of halogens is 1. The number of alkyl halides is 1. The van der Waals surface area contributed by atoms with Crippen molar-refractivity contribution in [3.8, 4) is 17.5 Å². The van der Waals surface area contributed by atoms with Crippen LogP contribution in [0.1, 0.15) is 62.4 Å². The lowest BCUT2D eigenvalue weighted by molar-refractivity contribution is -0.119. The Morgan fingerprint density at radius 2 is 1.90 bits per heavy atom. The molecule has 0 bridgehead atoms. The number of nitriles is 1. The van der Waals surface area contributed by atoms with Gasteiger partial charge in [-0.05, 0) is 76.0 Å². The van der Waals surface area contributed by atoms with Gasteiger partial charge < -0.3 is 21.1 Å². The first-order valence-electron chi connectivity index (χ1n) is 13.6. The molecule has 1 fully saturated rings. The van der Waals surface area contributed by atoms with Crippen molar-refractivity contribution in [3.63, 3.8) is 0 Å². The van der Waals surface area contributed by atoms with Crippen molar-refractivity contribution in [1.82, 2.24) is 36.1 Å². The summed E-state index contributed by atoms with van der Waals surface area (Å²) in [6, 6.07) is 9.37. The highest BCUT2D eigenvalue weighted by Gasteiger charge is 2.28. The number of carbonyl (C=O) groups excluding carboxylic acids is 2. The maximum atomic E-state index is 14.4. The number of amides is 2. The van der Waals surface area contributed by atoms with E-state index < -0.39 is 17.7 Å². The van der Waals surface area contributed by atoms with Crippen LogP contribution in [0.5, 0.6) is 0 Å². The van der Waals surface area contributed by atoms with Crippen molar-refractivity contribution in [1.29, 1.82) is 5.26 Å². The SMILES string of the molecule is CC(=O)NNC(=S)NC1CCC(Nc2cc(-c3ccc4cc(C#N)cnn34)ncc2C(=O)NC[C@@H](F)C(C)(C)O)CC1. The van der Waals surface area contributed by atoms with Gasteiger partial charge in [-0.3, -0.25) is 25.4 Å². The van der Waals surface area contributed by atoms with Crippen molar-refractivity contribution in [3.05, 3.63) is 47.8 Å². The number of nitrogens with one attached hydrogen (secondary N) is 5. The van der Waals surface area contributed by atoms with Crippen LogP contribution in [0.2, 0.25) is 0 Å². The maximum absolute atomic E-state index is 14.4. The molecular formula is C28H34FN9O3S. The minimum absolute atomic E-state index is 0.0346. The van der Waals surface area contributed by atoms with Crippen LogP contribution in [0, 0.1) is 11.3 Å². The molecule has 0 aromatic carbocycles. The van der Waals surface area contributed by atoms with Crippen LogP contribution in [0.4, 0.5) is 10.1 Å². The predicted molar refractivity (Wildman–Crippen MR) is 159 cm³/mol. The number of carbonyl (C=O) groups is 2. The largest absolute Gasteiger partial charge is 0.387 e. The van der Waals surface area contributed by atoms with Gasteiger partial charge in [-0.15, -0.1) is 0 Å². The van der Waals surface area contributed by atoms with Gasteiger partial charge in [0.1, 0.15) is 12.2 Å². The normalized spacial score (nSPS) is 17.5. The number of thiocarbonyl (C=S) groups is 1. The quantitative estimate of drug-likeness (QED) is 0.168. The van der Waals surface area contributed by atoms with Crippen LogP contribution in [-0.2, 0) is 4.79 Å². The monoisotopic (exact) mass is 595 g/mol. The molecule has 1 aliphatic carbocycles. The molecule has 4 rings (SSSR count). The van der Waals surface area contributed by atoms with Gasteiger partial charge in [0.2, 0.25) is 5.91 Å². The zero-order valence-corrected chi connectivity index (χ0v) is 24.4. The van der Waals surface area contributed by atoms with Gasteiger partial charge in [0, 0.05) is 25.2 Å². The van der Waals surface area contributed by atoms with E-state index >= 15 is 0 Å². The van der Waals surface area contributed by atoms with E-state index in [1.807, 2.05) is 12.1 Å². The number of anilines is 1. The molecule has 2 amide bonds. The molecule has 0 unspecified atom stereocenters. The third kappa shape index (κ3) is 7.68. The molecule has 1 atom stereocenters. The van der Waals surface area contributed by atoms with E-state index in [2.05, 4.69) is 43.0 Å². The second-order valence-corrected chi connectivity index (χ2v) is 11.2. The van der Waals surface area contributed by atoms with E-state index in [-0.39, 0.29) is 30.1 Å². The molecule has 12 nitrogen and oxygen atoms in total. The lowest BCUT2D eigenvalue weighted by Gasteiger charge is -2.31. The van der Waals surface area contributed by atoms with Gasteiger partial charge in [0.05, 0.1) is 52.1 Å². The highest BCUT2D eigenvalue weighted by molar-refractivity contribution is 7.80. The van der Waals surface area contributed by atoms with Crippen LogP contribution in [0.15, 0.2) is 36.7 Å². The molecule has 14 heteroatoms. The summed E-state index contributed by atoms with van der Waals surface area (Å²) in [6.07, 6.45) is 4.39. The average molecular weight is 596 g/mol. The van der Waals surface area contributed by atoms with Crippen molar-refractivity contribution < 1.29 is 19.1 Å². The minimum atomic E-state index is -1.66. The zero-order chi connectivity index (χ0) is 30.4. The van der Waals surface area contributed by atoms with Gasteiger partial charge in [-0.1, -0.05) is 0 Å². The molecule has 3 aromatic rings. The van der Waals surface area contributed by atoms with E-state index in [4.69, 9.17) is 12.2 Å². The van der Waals surface area contributed by atoms with Crippen molar-refractivity contribution in [2.45, 2.75) is 70.3 Å².